The molecule has 1 amide bonds. The standard InChI is InChI=1S/C17H18FN5O2/c18-16-9-13(1-2-15(16)12-3-5-19-6-4-12)23-11-14(25-17(23)24)10-22-8-7-20-21-22/h1-3,7-9,14,19H,4-6,10-11H2. The maximum absolute atomic E-state index is 14.6. The molecule has 0 aliphatic carbocycles. The predicted molar refractivity (Wildman–Crippen MR) is 89.5 cm³/mol. The Labute approximate surface area is 144 Å². The van der Waals surface area contributed by atoms with Crippen molar-refractivity contribution in [2.24, 2.45) is 0 Å². The fraction of sp³-hybridized carbons (Fsp3) is 0.353. The van der Waals surface area contributed by atoms with Crippen molar-refractivity contribution in [1.82, 2.24) is 20.3 Å². The third-order valence-corrected chi connectivity index (χ3v) is 4.41. The molecule has 0 spiro atoms. The normalized spacial score (nSPS) is 20.5. The minimum atomic E-state index is -0.474. The zero-order valence-electron chi connectivity index (χ0n) is 13.6. The molecule has 130 valence electrons. The molecule has 2 aliphatic heterocycles. The lowest BCUT2D eigenvalue weighted by molar-refractivity contribution is 0.129. The number of carbonyl (C=O) groups is 1. The Bertz CT molecular complexity index is 805. The fourth-order valence-electron chi connectivity index (χ4n) is 3.17. The number of halogens is 1. The maximum atomic E-state index is 14.6. The Balaban J connectivity index is 1.50. The van der Waals surface area contributed by atoms with E-state index < -0.39 is 6.09 Å². The van der Waals surface area contributed by atoms with Crippen molar-refractivity contribution >= 4 is 17.4 Å². The lowest BCUT2D eigenvalue weighted by Crippen LogP contribution is -2.26. The molecule has 1 unspecified atom stereocenters. The van der Waals surface area contributed by atoms with E-state index in [1.807, 2.05) is 6.08 Å². The first kappa shape index (κ1) is 15.8. The van der Waals surface area contributed by atoms with Crippen molar-refractivity contribution < 1.29 is 13.9 Å². The summed E-state index contributed by atoms with van der Waals surface area (Å²) < 4.78 is 21.5. The van der Waals surface area contributed by atoms with Gasteiger partial charge < -0.3 is 10.1 Å². The Morgan fingerprint density at radius 1 is 1.40 bits per heavy atom. The van der Waals surface area contributed by atoms with Gasteiger partial charge in [0.2, 0.25) is 0 Å². The Hall–Kier alpha value is -2.74. The van der Waals surface area contributed by atoms with Gasteiger partial charge in [0.1, 0.15) is 11.9 Å². The van der Waals surface area contributed by atoms with Crippen LogP contribution >= 0.6 is 0 Å². The third-order valence-electron chi connectivity index (χ3n) is 4.41. The summed E-state index contributed by atoms with van der Waals surface area (Å²) in [6, 6.07) is 4.90. The summed E-state index contributed by atoms with van der Waals surface area (Å²) in [6.07, 6.45) is 5.25. The highest BCUT2D eigenvalue weighted by molar-refractivity contribution is 5.90. The van der Waals surface area contributed by atoms with Crippen molar-refractivity contribution in [2.75, 3.05) is 24.5 Å². The number of anilines is 1. The first-order chi connectivity index (χ1) is 12.2. The SMILES string of the molecule is O=C1OC(Cn2ccnn2)CN1c1ccc(C2=CCNCC2)c(F)c1. The van der Waals surface area contributed by atoms with Gasteiger partial charge in [-0.25, -0.2) is 13.9 Å². The van der Waals surface area contributed by atoms with Crippen LogP contribution in [0.4, 0.5) is 14.9 Å². The van der Waals surface area contributed by atoms with E-state index in [2.05, 4.69) is 15.6 Å². The molecule has 1 aromatic heterocycles. The maximum Gasteiger partial charge on any atom is 0.414 e. The van der Waals surface area contributed by atoms with Gasteiger partial charge in [0.15, 0.2) is 0 Å². The molecular formula is C17H18FN5O2. The summed E-state index contributed by atoms with van der Waals surface area (Å²) in [5, 5.41) is 10.8. The van der Waals surface area contributed by atoms with Gasteiger partial charge in [-0.2, -0.15) is 0 Å². The quantitative estimate of drug-likeness (QED) is 0.917. The van der Waals surface area contributed by atoms with E-state index in [0.717, 1.165) is 25.1 Å². The zero-order valence-corrected chi connectivity index (χ0v) is 13.6. The van der Waals surface area contributed by atoms with Gasteiger partial charge in [-0.05, 0) is 36.7 Å². The minimum absolute atomic E-state index is 0.321. The number of nitrogens with one attached hydrogen (secondary N) is 1. The van der Waals surface area contributed by atoms with Crippen LogP contribution < -0.4 is 10.2 Å². The van der Waals surface area contributed by atoms with Crippen molar-refractivity contribution in [1.29, 1.82) is 0 Å². The highest BCUT2D eigenvalue weighted by Crippen LogP contribution is 2.28. The van der Waals surface area contributed by atoms with Gasteiger partial charge in [-0.3, -0.25) is 4.90 Å². The highest BCUT2D eigenvalue weighted by atomic mass is 19.1. The number of nitrogens with zero attached hydrogens (tertiary/aromatic N) is 4. The number of hydrogen-bond acceptors (Lipinski definition) is 5. The molecule has 1 N–H and O–H groups in total. The number of ether oxygens (including phenoxy) is 1. The largest absolute Gasteiger partial charge is 0.442 e. The van der Waals surface area contributed by atoms with Crippen LogP contribution in [0.5, 0.6) is 0 Å². The lowest BCUT2D eigenvalue weighted by Gasteiger charge is -2.17. The van der Waals surface area contributed by atoms with Gasteiger partial charge in [0, 0.05) is 18.3 Å². The molecule has 0 bridgehead atoms. The van der Waals surface area contributed by atoms with E-state index in [4.69, 9.17) is 4.74 Å². The highest BCUT2D eigenvalue weighted by Gasteiger charge is 2.33. The van der Waals surface area contributed by atoms with Crippen LogP contribution in [0.3, 0.4) is 0 Å². The topological polar surface area (TPSA) is 72.3 Å². The smallest absolute Gasteiger partial charge is 0.414 e. The Kier molecular flexibility index (Phi) is 4.19. The van der Waals surface area contributed by atoms with E-state index in [0.29, 0.717) is 24.3 Å². The van der Waals surface area contributed by atoms with Crippen LogP contribution in [0.1, 0.15) is 12.0 Å². The van der Waals surface area contributed by atoms with Crippen LogP contribution in [0.2, 0.25) is 0 Å². The summed E-state index contributed by atoms with van der Waals surface area (Å²) in [4.78, 5) is 13.6. The van der Waals surface area contributed by atoms with Gasteiger partial charge in [0.05, 0.1) is 25.0 Å². The van der Waals surface area contributed by atoms with Crippen molar-refractivity contribution in [3.63, 3.8) is 0 Å². The van der Waals surface area contributed by atoms with Crippen molar-refractivity contribution in [2.45, 2.75) is 19.1 Å². The van der Waals surface area contributed by atoms with Crippen LogP contribution in [-0.2, 0) is 11.3 Å². The number of benzene rings is 1. The van der Waals surface area contributed by atoms with E-state index in [1.165, 1.54) is 11.0 Å². The number of rotatable bonds is 4. The van der Waals surface area contributed by atoms with Gasteiger partial charge in [0.25, 0.3) is 0 Å². The van der Waals surface area contributed by atoms with Crippen LogP contribution in [0, 0.1) is 5.82 Å². The van der Waals surface area contributed by atoms with Gasteiger partial charge >= 0.3 is 6.09 Å². The minimum Gasteiger partial charge on any atom is -0.442 e. The molecule has 4 rings (SSSR count). The van der Waals surface area contributed by atoms with Crippen molar-refractivity contribution in [3.8, 4) is 0 Å². The van der Waals surface area contributed by atoms with Gasteiger partial charge in [-0.15, -0.1) is 5.10 Å². The molecule has 1 fully saturated rings. The van der Waals surface area contributed by atoms with Crippen LogP contribution in [-0.4, -0.2) is 46.8 Å². The third kappa shape index (κ3) is 3.25. The fourth-order valence-corrected chi connectivity index (χ4v) is 3.17. The second-order valence-electron chi connectivity index (χ2n) is 6.09. The zero-order chi connectivity index (χ0) is 17.2. The molecule has 0 radical (unpaired) electrons. The molecule has 0 saturated carbocycles. The summed E-state index contributed by atoms with van der Waals surface area (Å²) in [7, 11) is 0. The number of cyclic esters (lactones) is 1. The molecule has 2 aliphatic rings. The average Bonchev–Trinajstić information content (AvgIpc) is 3.25. The lowest BCUT2D eigenvalue weighted by atomic mass is 9.99. The van der Waals surface area contributed by atoms with Crippen LogP contribution in [0.25, 0.3) is 5.57 Å². The number of amides is 1. The molecule has 2 aromatic rings. The second kappa shape index (κ2) is 6.64. The number of hydrogen-bond donors (Lipinski definition) is 1. The molecule has 25 heavy (non-hydrogen) atoms. The first-order valence-electron chi connectivity index (χ1n) is 8.22. The second-order valence-corrected chi connectivity index (χ2v) is 6.09. The number of aromatic nitrogens is 3. The first-order valence-corrected chi connectivity index (χ1v) is 8.22. The molecule has 1 aromatic carbocycles. The average molecular weight is 343 g/mol. The Morgan fingerprint density at radius 3 is 3.04 bits per heavy atom. The summed E-state index contributed by atoms with van der Waals surface area (Å²) in [6.45, 7) is 2.36. The molecule has 7 nitrogen and oxygen atoms in total. The number of carbonyl (C=O) groups excluding carboxylic acids is 1. The summed E-state index contributed by atoms with van der Waals surface area (Å²) >= 11 is 0. The summed E-state index contributed by atoms with van der Waals surface area (Å²) in [5.74, 6) is -0.321. The van der Waals surface area contributed by atoms with Gasteiger partial charge in [-0.1, -0.05) is 11.3 Å². The molecule has 1 atom stereocenters. The molecule has 3 heterocycles. The molecule has 8 heteroatoms. The van der Waals surface area contributed by atoms with E-state index in [9.17, 15) is 9.18 Å². The van der Waals surface area contributed by atoms with E-state index in [1.54, 1.807) is 29.2 Å². The molecule has 1 saturated heterocycles. The van der Waals surface area contributed by atoms with E-state index >= 15 is 0 Å². The predicted octanol–water partition coefficient (Wildman–Crippen LogP) is 1.82. The Morgan fingerprint density at radius 2 is 2.32 bits per heavy atom. The van der Waals surface area contributed by atoms with Crippen LogP contribution in [0.15, 0.2) is 36.7 Å². The summed E-state index contributed by atoms with van der Waals surface area (Å²) in [5.41, 5.74) is 2.09. The molecular weight excluding hydrogens is 325 g/mol. The van der Waals surface area contributed by atoms with E-state index in [-0.39, 0.29) is 11.9 Å². The van der Waals surface area contributed by atoms with Crippen molar-refractivity contribution in [3.05, 3.63) is 48.0 Å². The monoisotopic (exact) mass is 343 g/mol.